The van der Waals surface area contributed by atoms with Crippen LogP contribution in [0.15, 0.2) is 74.1 Å². The van der Waals surface area contributed by atoms with Crippen molar-refractivity contribution in [3.63, 3.8) is 0 Å². The zero-order chi connectivity index (χ0) is 26.1. The molecule has 0 aliphatic carbocycles. The molecule has 0 spiro atoms. The van der Waals surface area contributed by atoms with E-state index in [0.29, 0.717) is 18.2 Å². The van der Waals surface area contributed by atoms with E-state index in [1.165, 1.54) is 18.0 Å². The highest BCUT2D eigenvalue weighted by atomic mass is 16.5. The summed E-state index contributed by atoms with van der Waals surface area (Å²) in [5, 5.41) is 12.0. The number of aryl methyl sites for hydroxylation is 1. The van der Waals surface area contributed by atoms with Crippen molar-refractivity contribution >= 4 is 28.6 Å². The van der Waals surface area contributed by atoms with E-state index < -0.39 is 0 Å². The standard InChI is InChI=1S/C28H28N8O2/c1-3-26(37)34-11-4-5-20(8-12-34)23-10-14-36-27(23)28(30-18-32-36)33-21-6-7-24(19(2)15-21)38-22-9-13-35-25(16-22)29-17-31-35/h3,6-7,9-10,13-18,20H,1,4-5,8,11-12H2,2H3,(H,30,32,33)/t20-/m1/s1. The normalized spacial score (nSPS) is 15.9. The van der Waals surface area contributed by atoms with Gasteiger partial charge in [-0.1, -0.05) is 6.58 Å². The minimum Gasteiger partial charge on any atom is -0.457 e. The monoisotopic (exact) mass is 508 g/mol. The first-order valence-electron chi connectivity index (χ1n) is 12.7. The van der Waals surface area contributed by atoms with Gasteiger partial charge in [-0.2, -0.15) is 10.2 Å². The van der Waals surface area contributed by atoms with Crippen LogP contribution in [-0.2, 0) is 4.79 Å². The van der Waals surface area contributed by atoms with Crippen molar-refractivity contribution in [3.8, 4) is 11.5 Å². The fourth-order valence-corrected chi connectivity index (χ4v) is 5.12. The van der Waals surface area contributed by atoms with Gasteiger partial charge in [-0.15, -0.1) is 0 Å². The van der Waals surface area contributed by atoms with E-state index in [1.54, 1.807) is 10.8 Å². The Bertz CT molecular complexity index is 1640. The Morgan fingerprint density at radius 3 is 2.76 bits per heavy atom. The molecule has 38 heavy (non-hydrogen) atoms. The second-order valence-electron chi connectivity index (χ2n) is 9.46. The van der Waals surface area contributed by atoms with Crippen LogP contribution in [0.25, 0.3) is 11.2 Å². The molecule has 1 aliphatic rings. The van der Waals surface area contributed by atoms with Gasteiger partial charge in [-0.05, 0) is 79.6 Å². The van der Waals surface area contributed by atoms with Crippen LogP contribution in [0.4, 0.5) is 11.5 Å². The van der Waals surface area contributed by atoms with Crippen LogP contribution < -0.4 is 10.1 Å². The number of benzene rings is 1. The van der Waals surface area contributed by atoms with E-state index in [1.807, 2.05) is 59.1 Å². The second-order valence-corrected chi connectivity index (χ2v) is 9.46. The SMILES string of the molecule is C=CC(=O)N1CCC[C@@H](c2ccn3ncnc(Nc4ccc(Oc5ccn6ncnc6c5)c(C)c4)c23)CC1. The molecule has 192 valence electrons. The molecule has 5 heterocycles. The summed E-state index contributed by atoms with van der Waals surface area (Å²) in [6.07, 6.45) is 11.1. The number of carbonyl (C=O) groups is 1. The van der Waals surface area contributed by atoms with Crippen molar-refractivity contribution in [2.24, 2.45) is 0 Å². The molecule has 0 unspecified atom stereocenters. The molecule has 0 bridgehead atoms. The maximum absolute atomic E-state index is 12.1. The van der Waals surface area contributed by atoms with Crippen LogP contribution in [0, 0.1) is 6.92 Å². The number of anilines is 2. The maximum Gasteiger partial charge on any atom is 0.245 e. The summed E-state index contributed by atoms with van der Waals surface area (Å²) in [6, 6.07) is 11.8. The highest BCUT2D eigenvalue weighted by molar-refractivity contribution is 5.87. The minimum absolute atomic E-state index is 0.0000427. The lowest BCUT2D eigenvalue weighted by Gasteiger charge is -2.19. The summed E-state index contributed by atoms with van der Waals surface area (Å²) in [5.74, 6) is 2.51. The number of fused-ring (bicyclic) bond motifs is 2. The van der Waals surface area contributed by atoms with Crippen molar-refractivity contribution in [1.82, 2.24) is 34.1 Å². The van der Waals surface area contributed by atoms with E-state index >= 15 is 0 Å². The molecule has 5 aromatic rings. The van der Waals surface area contributed by atoms with Crippen LogP contribution in [0.5, 0.6) is 11.5 Å². The Hall–Kier alpha value is -4.73. The molecule has 1 fully saturated rings. The molecule has 4 aromatic heterocycles. The average molecular weight is 509 g/mol. The molecule has 0 radical (unpaired) electrons. The van der Waals surface area contributed by atoms with Crippen molar-refractivity contribution in [2.75, 3.05) is 18.4 Å². The highest BCUT2D eigenvalue weighted by Gasteiger charge is 2.24. The lowest BCUT2D eigenvalue weighted by atomic mass is 9.93. The summed E-state index contributed by atoms with van der Waals surface area (Å²) < 4.78 is 9.68. The van der Waals surface area contributed by atoms with Gasteiger partial charge in [0.1, 0.15) is 29.7 Å². The maximum atomic E-state index is 12.1. The van der Waals surface area contributed by atoms with Crippen LogP contribution in [-0.4, -0.2) is 53.1 Å². The van der Waals surface area contributed by atoms with Crippen molar-refractivity contribution < 1.29 is 9.53 Å². The van der Waals surface area contributed by atoms with Crippen LogP contribution in [0.2, 0.25) is 0 Å². The van der Waals surface area contributed by atoms with Crippen LogP contribution in [0.1, 0.15) is 36.3 Å². The quantitative estimate of drug-likeness (QED) is 0.326. The smallest absolute Gasteiger partial charge is 0.245 e. The van der Waals surface area contributed by atoms with Gasteiger partial charge in [0.05, 0.1) is 0 Å². The number of hydrogen-bond acceptors (Lipinski definition) is 7. The topological polar surface area (TPSA) is 102 Å². The summed E-state index contributed by atoms with van der Waals surface area (Å²) in [6.45, 7) is 7.12. The lowest BCUT2D eigenvalue weighted by molar-refractivity contribution is -0.125. The molecular weight excluding hydrogens is 480 g/mol. The number of ether oxygens (including phenoxy) is 1. The molecule has 1 aliphatic heterocycles. The molecule has 10 heteroatoms. The second kappa shape index (κ2) is 9.97. The Morgan fingerprint density at radius 1 is 1.05 bits per heavy atom. The van der Waals surface area contributed by atoms with Gasteiger partial charge in [0.25, 0.3) is 0 Å². The number of nitrogens with zero attached hydrogens (tertiary/aromatic N) is 7. The Kier molecular flexibility index (Phi) is 6.20. The highest BCUT2D eigenvalue weighted by Crippen LogP contribution is 2.35. The molecule has 1 atom stereocenters. The molecule has 1 amide bonds. The third-order valence-electron chi connectivity index (χ3n) is 7.06. The van der Waals surface area contributed by atoms with Gasteiger partial charge in [0.15, 0.2) is 11.5 Å². The van der Waals surface area contributed by atoms with E-state index in [2.05, 4.69) is 38.1 Å². The van der Waals surface area contributed by atoms with Crippen molar-refractivity contribution in [3.05, 3.63) is 85.2 Å². The van der Waals surface area contributed by atoms with Gasteiger partial charge in [-0.25, -0.2) is 19.0 Å². The Morgan fingerprint density at radius 2 is 1.89 bits per heavy atom. The third-order valence-corrected chi connectivity index (χ3v) is 7.06. The third kappa shape index (κ3) is 4.56. The fourth-order valence-electron chi connectivity index (χ4n) is 5.12. The first-order valence-corrected chi connectivity index (χ1v) is 12.7. The van der Waals surface area contributed by atoms with E-state index in [0.717, 1.165) is 59.8 Å². The number of amides is 1. The average Bonchev–Trinajstić information content (AvgIpc) is 3.51. The van der Waals surface area contributed by atoms with E-state index in [-0.39, 0.29) is 5.91 Å². The van der Waals surface area contributed by atoms with Gasteiger partial charge < -0.3 is 15.0 Å². The lowest BCUT2D eigenvalue weighted by Crippen LogP contribution is -2.30. The number of pyridine rings is 1. The first-order chi connectivity index (χ1) is 18.6. The Balaban J connectivity index is 1.23. The first kappa shape index (κ1) is 23.7. The summed E-state index contributed by atoms with van der Waals surface area (Å²) >= 11 is 0. The molecule has 10 nitrogen and oxygen atoms in total. The Labute approximate surface area is 219 Å². The predicted molar refractivity (Wildman–Crippen MR) is 144 cm³/mol. The number of carbonyl (C=O) groups excluding carboxylic acids is 1. The van der Waals surface area contributed by atoms with Gasteiger partial charge in [-0.3, -0.25) is 4.79 Å². The zero-order valence-corrected chi connectivity index (χ0v) is 21.1. The molecule has 1 aromatic carbocycles. The molecule has 6 rings (SSSR count). The largest absolute Gasteiger partial charge is 0.457 e. The van der Waals surface area contributed by atoms with Crippen LogP contribution >= 0.6 is 0 Å². The number of likely N-dealkylation sites (tertiary alicyclic amines) is 1. The number of aromatic nitrogens is 6. The molecule has 1 N–H and O–H groups in total. The molecule has 0 saturated carbocycles. The van der Waals surface area contributed by atoms with Gasteiger partial charge in [0.2, 0.25) is 5.91 Å². The summed E-state index contributed by atoms with van der Waals surface area (Å²) in [7, 11) is 0. The zero-order valence-electron chi connectivity index (χ0n) is 21.1. The molecular formula is C28H28N8O2. The van der Waals surface area contributed by atoms with Crippen molar-refractivity contribution in [1.29, 1.82) is 0 Å². The minimum atomic E-state index is -0.0000427. The fraction of sp³-hybridized carbons (Fsp3) is 0.250. The molecule has 1 saturated heterocycles. The summed E-state index contributed by atoms with van der Waals surface area (Å²) in [5.41, 5.74) is 4.76. The number of rotatable bonds is 6. The van der Waals surface area contributed by atoms with Crippen molar-refractivity contribution in [2.45, 2.75) is 32.1 Å². The van der Waals surface area contributed by atoms with Gasteiger partial charge in [0, 0.05) is 37.2 Å². The van der Waals surface area contributed by atoms with Gasteiger partial charge >= 0.3 is 0 Å². The number of nitrogens with one attached hydrogen (secondary N) is 1. The number of hydrogen-bond donors (Lipinski definition) is 1. The predicted octanol–water partition coefficient (Wildman–Crippen LogP) is 4.90. The van der Waals surface area contributed by atoms with E-state index in [4.69, 9.17) is 4.74 Å². The summed E-state index contributed by atoms with van der Waals surface area (Å²) in [4.78, 5) is 22.8. The van der Waals surface area contributed by atoms with E-state index in [9.17, 15) is 4.79 Å². The van der Waals surface area contributed by atoms with Crippen LogP contribution in [0.3, 0.4) is 0 Å².